The second kappa shape index (κ2) is 7.95. The number of ether oxygens (including phenoxy) is 1. The molecule has 0 saturated heterocycles. The van der Waals surface area contributed by atoms with Crippen LogP contribution in [0, 0.1) is 19.8 Å². The zero-order valence-electron chi connectivity index (χ0n) is 14.1. The van der Waals surface area contributed by atoms with Gasteiger partial charge in [-0.25, -0.2) is 0 Å². The third kappa shape index (κ3) is 4.30. The Morgan fingerprint density at radius 2 is 1.90 bits per heavy atom. The second-order valence-corrected chi connectivity index (χ2v) is 6.50. The summed E-state index contributed by atoms with van der Waals surface area (Å²) in [4.78, 5) is 0. The van der Waals surface area contributed by atoms with Crippen LogP contribution in [0.2, 0.25) is 0 Å². The summed E-state index contributed by atoms with van der Waals surface area (Å²) in [6.07, 6.45) is 6.32. The fourth-order valence-electron chi connectivity index (χ4n) is 3.41. The van der Waals surface area contributed by atoms with Gasteiger partial charge < -0.3 is 10.1 Å². The second-order valence-electron chi connectivity index (χ2n) is 6.50. The van der Waals surface area contributed by atoms with E-state index in [0.717, 1.165) is 32.0 Å². The van der Waals surface area contributed by atoms with Crippen molar-refractivity contribution in [3.05, 3.63) is 17.0 Å². The maximum Gasteiger partial charge on any atom is 0.0629 e. The zero-order valence-corrected chi connectivity index (χ0v) is 14.1. The van der Waals surface area contributed by atoms with E-state index in [1.807, 2.05) is 0 Å². The van der Waals surface area contributed by atoms with Crippen LogP contribution in [0.4, 0.5) is 0 Å². The molecular weight excluding hydrogens is 262 g/mol. The van der Waals surface area contributed by atoms with Crippen LogP contribution in [-0.4, -0.2) is 36.6 Å². The number of hydrogen-bond acceptors (Lipinski definition) is 3. The van der Waals surface area contributed by atoms with E-state index in [4.69, 9.17) is 9.84 Å². The van der Waals surface area contributed by atoms with Crippen molar-refractivity contribution in [3.63, 3.8) is 0 Å². The fourth-order valence-corrected chi connectivity index (χ4v) is 3.41. The van der Waals surface area contributed by atoms with E-state index in [2.05, 4.69) is 30.8 Å². The van der Waals surface area contributed by atoms with Gasteiger partial charge in [0.15, 0.2) is 0 Å². The summed E-state index contributed by atoms with van der Waals surface area (Å²) in [5, 5.41) is 8.26. The van der Waals surface area contributed by atoms with E-state index in [-0.39, 0.29) is 0 Å². The van der Waals surface area contributed by atoms with Crippen molar-refractivity contribution in [2.75, 3.05) is 26.8 Å². The van der Waals surface area contributed by atoms with Gasteiger partial charge in [0.25, 0.3) is 0 Å². The van der Waals surface area contributed by atoms with E-state index >= 15 is 0 Å². The van der Waals surface area contributed by atoms with E-state index in [0.29, 0.717) is 6.04 Å². The lowest BCUT2D eigenvalue weighted by Crippen LogP contribution is -2.22. The molecule has 1 aliphatic carbocycles. The molecule has 1 saturated carbocycles. The number of hydrogen-bond donors (Lipinski definition) is 1. The largest absolute Gasteiger partial charge is 0.383 e. The molecule has 1 fully saturated rings. The van der Waals surface area contributed by atoms with Crippen molar-refractivity contribution >= 4 is 0 Å². The van der Waals surface area contributed by atoms with E-state index in [9.17, 15) is 0 Å². The van der Waals surface area contributed by atoms with Gasteiger partial charge in [-0.1, -0.05) is 6.92 Å². The summed E-state index contributed by atoms with van der Waals surface area (Å²) >= 11 is 0. The van der Waals surface area contributed by atoms with E-state index < -0.39 is 0 Å². The maximum atomic E-state index is 5.05. The van der Waals surface area contributed by atoms with Crippen LogP contribution >= 0.6 is 0 Å². The van der Waals surface area contributed by atoms with Gasteiger partial charge in [-0.3, -0.25) is 4.68 Å². The molecule has 0 radical (unpaired) electrons. The highest BCUT2D eigenvalue weighted by Gasteiger charge is 2.23. The van der Waals surface area contributed by atoms with Gasteiger partial charge in [-0.05, 0) is 64.0 Å². The van der Waals surface area contributed by atoms with Crippen molar-refractivity contribution < 1.29 is 4.74 Å². The summed E-state index contributed by atoms with van der Waals surface area (Å²) in [7, 11) is 1.74. The number of aryl methyl sites for hydroxylation is 1. The quantitative estimate of drug-likeness (QED) is 0.785. The van der Waals surface area contributed by atoms with Crippen LogP contribution in [0.15, 0.2) is 0 Å². The summed E-state index contributed by atoms with van der Waals surface area (Å²) in [6.45, 7) is 9.45. The molecule has 0 unspecified atom stereocenters. The molecular formula is C17H31N3O. The van der Waals surface area contributed by atoms with Gasteiger partial charge in [0, 0.05) is 19.3 Å². The van der Waals surface area contributed by atoms with E-state index in [1.54, 1.807) is 7.11 Å². The molecule has 21 heavy (non-hydrogen) atoms. The molecule has 4 heteroatoms. The molecule has 1 aliphatic rings. The van der Waals surface area contributed by atoms with Gasteiger partial charge in [0.05, 0.1) is 18.3 Å². The van der Waals surface area contributed by atoms with Crippen molar-refractivity contribution in [1.29, 1.82) is 0 Å². The first-order valence-electron chi connectivity index (χ1n) is 8.37. The van der Waals surface area contributed by atoms with Crippen LogP contribution in [0.25, 0.3) is 0 Å². The van der Waals surface area contributed by atoms with E-state index in [1.165, 1.54) is 42.6 Å². The Balaban J connectivity index is 1.93. The normalized spacial score (nSPS) is 22.7. The Bertz CT molecular complexity index is 433. The number of methoxy groups -OCH3 is 1. The number of aromatic nitrogens is 2. The van der Waals surface area contributed by atoms with Crippen molar-refractivity contribution in [2.24, 2.45) is 5.92 Å². The molecule has 0 aromatic carbocycles. The first-order valence-corrected chi connectivity index (χ1v) is 8.37. The Hall–Kier alpha value is -0.870. The highest BCUT2D eigenvalue weighted by molar-refractivity contribution is 5.25. The van der Waals surface area contributed by atoms with Crippen LogP contribution in [0.1, 0.15) is 55.6 Å². The standard InChI is InChI=1S/C17H31N3O/c1-13-5-7-16(8-6-13)20-15(3)17(14(2)19-20)9-10-18-11-12-21-4/h13,16,18H,5-12H2,1-4H3. The van der Waals surface area contributed by atoms with Crippen LogP contribution in [-0.2, 0) is 11.2 Å². The lowest BCUT2D eigenvalue weighted by atomic mass is 9.87. The van der Waals surface area contributed by atoms with Crippen LogP contribution < -0.4 is 5.32 Å². The van der Waals surface area contributed by atoms with Crippen molar-refractivity contribution in [3.8, 4) is 0 Å². The molecule has 0 spiro atoms. The molecule has 1 heterocycles. The molecule has 1 N–H and O–H groups in total. The van der Waals surface area contributed by atoms with Gasteiger partial charge >= 0.3 is 0 Å². The molecule has 120 valence electrons. The minimum Gasteiger partial charge on any atom is -0.383 e. The minimum atomic E-state index is 0.620. The Labute approximate surface area is 129 Å². The SMILES string of the molecule is COCCNCCc1c(C)nn(C2CCC(C)CC2)c1C. The lowest BCUT2D eigenvalue weighted by Gasteiger charge is -2.27. The number of rotatable bonds is 7. The highest BCUT2D eigenvalue weighted by Crippen LogP contribution is 2.33. The van der Waals surface area contributed by atoms with Gasteiger partial charge in [-0.15, -0.1) is 0 Å². The first-order chi connectivity index (χ1) is 10.1. The Kier molecular flexibility index (Phi) is 6.24. The predicted molar refractivity (Wildman–Crippen MR) is 86.8 cm³/mol. The molecule has 1 aromatic rings. The Morgan fingerprint density at radius 1 is 1.19 bits per heavy atom. The van der Waals surface area contributed by atoms with Gasteiger partial charge in [-0.2, -0.15) is 5.10 Å². The fraction of sp³-hybridized carbons (Fsp3) is 0.824. The van der Waals surface area contributed by atoms with Gasteiger partial charge in [0.2, 0.25) is 0 Å². The third-order valence-electron chi connectivity index (χ3n) is 4.84. The summed E-state index contributed by atoms with van der Waals surface area (Å²) < 4.78 is 7.37. The van der Waals surface area contributed by atoms with Crippen molar-refractivity contribution in [1.82, 2.24) is 15.1 Å². The molecule has 0 aliphatic heterocycles. The smallest absolute Gasteiger partial charge is 0.0629 e. The molecule has 2 rings (SSSR count). The minimum absolute atomic E-state index is 0.620. The molecule has 1 aromatic heterocycles. The molecule has 0 atom stereocenters. The zero-order chi connectivity index (χ0) is 15.2. The topological polar surface area (TPSA) is 39.1 Å². The summed E-state index contributed by atoms with van der Waals surface area (Å²) in [5.41, 5.74) is 4.01. The number of nitrogens with one attached hydrogen (secondary N) is 1. The number of nitrogens with zero attached hydrogens (tertiary/aromatic N) is 2. The third-order valence-corrected chi connectivity index (χ3v) is 4.84. The molecule has 0 bridgehead atoms. The van der Waals surface area contributed by atoms with Crippen LogP contribution in [0.5, 0.6) is 0 Å². The Morgan fingerprint density at radius 3 is 2.57 bits per heavy atom. The average molecular weight is 293 g/mol. The maximum absolute atomic E-state index is 5.05. The van der Waals surface area contributed by atoms with Crippen molar-refractivity contribution in [2.45, 2.75) is 58.9 Å². The highest BCUT2D eigenvalue weighted by atomic mass is 16.5. The van der Waals surface area contributed by atoms with Gasteiger partial charge in [0.1, 0.15) is 0 Å². The average Bonchev–Trinajstić information content (AvgIpc) is 2.75. The molecule has 4 nitrogen and oxygen atoms in total. The predicted octanol–water partition coefficient (Wildman–Crippen LogP) is 3.03. The first kappa shape index (κ1) is 16.5. The monoisotopic (exact) mass is 293 g/mol. The summed E-state index contributed by atoms with van der Waals surface area (Å²) in [5.74, 6) is 0.891. The lowest BCUT2D eigenvalue weighted by molar-refractivity contribution is 0.199. The molecule has 0 amide bonds. The van der Waals surface area contributed by atoms with Crippen LogP contribution in [0.3, 0.4) is 0 Å². The summed E-state index contributed by atoms with van der Waals surface area (Å²) in [6, 6.07) is 0.620.